The number of carbonyl (C=O) groups is 2. The first kappa shape index (κ1) is 19.1. The van der Waals surface area contributed by atoms with Crippen LogP contribution >= 0.6 is 0 Å². The Hall–Kier alpha value is -1.19. The lowest BCUT2D eigenvalue weighted by molar-refractivity contribution is -0.145. The normalized spacial score (nSPS) is 23.4. The molecule has 1 atom stereocenters. The molecule has 9 heteroatoms. The number of hydrogen-bond donors (Lipinski definition) is 1. The van der Waals surface area contributed by atoms with Gasteiger partial charge in [0.15, 0.2) is 0 Å². The highest BCUT2D eigenvalue weighted by Gasteiger charge is 2.32. The van der Waals surface area contributed by atoms with Crippen LogP contribution in [0.15, 0.2) is 0 Å². The number of nitrogens with zero attached hydrogens (tertiary/aromatic N) is 2. The number of carbonyl (C=O) groups excluding carboxylic acids is 1. The van der Waals surface area contributed by atoms with Crippen LogP contribution in [0.3, 0.4) is 0 Å². The van der Waals surface area contributed by atoms with Crippen molar-refractivity contribution in [2.24, 2.45) is 5.92 Å². The van der Waals surface area contributed by atoms with E-state index in [2.05, 4.69) is 0 Å². The summed E-state index contributed by atoms with van der Waals surface area (Å²) in [5, 5.41) is 8.88. The molecule has 8 nitrogen and oxygen atoms in total. The largest absolute Gasteiger partial charge is 0.480 e. The highest BCUT2D eigenvalue weighted by Crippen LogP contribution is 2.26. The van der Waals surface area contributed by atoms with Gasteiger partial charge in [0.1, 0.15) is 6.54 Å². The van der Waals surface area contributed by atoms with E-state index in [4.69, 9.17) is 9.84 Å². The number of aliphatic carboxylic acids is 1. The lowest BCUT2D eigenvalue weighted by atomic mass is 9.88. The van der Waals surface area contributed by atoms with Gasteiger partial charge in [-0.3, -0.25) is 9.59 Å². The summed E-state index contributed by atoms with van der Waals surface area (Å²) in [4.78, 5) is 25.2. The molecular weight excluding hydrogens is 336 g/mol. The van der Waals surface area contributed by atoms with Gasteiger partial charge in [0.2, 0.25) is 15.9 Å². The Balaban J connectivity index is 1.96. The van der Waals surface area contributed by atoms with Gasteiger partial charge in [-0.15, -0.1) is 0 Å². The zero-order chi connectivity index (χ0) is 17.7. The maximum absolute atomic E-state index is 12.6. The van der Waals surface area contributed by atoms with E-state index in [1.165, 1.54) is 6.42 Å². The molecule has 1 heterocycles. The van der Waals surface area contributed by atoms with Gasteiger partial charge in [-0.05, 0) is 12.8 Å². The quantitative estimate of drug-likeness (QED) is 0.721. The summed E-state index contributed by atoms with van der Waals surface area (Å²) < 4.78 is 29.9. The molecule has 1 aliphatic carbocycles. The fourth-order valence-electron chi connectivity index (χ4n) is 3.33. The number of carboxylic acids is 1. The zero-order valence-electron chi connectivity index (χ0n) is 14.0. The predicted molar refractivity (Wildman–Crippen MR) is 86.9 cm³/mol. The van der Waals surface area contributed by atoms with Crippen LogP contribution in [-0.4, -0.2) is 79.8 Å². The van der Waals surface area contributed by atoms with Crippen LogP contribution in [0.25, 0.3) is 0 Å². The predicted octanol–water partition coefficient (Wildman–Crippen LogP) is 0.140. The Morgan fingerprint density at radius 1 is 1.25 bits per heavy atom. The molecule has 0 radical (unpaired) electrons. The second-order valence-corrected chi connectivity index (χ2v) is 8.54. The van der Waals surface area contributed by atoms with Gasteiger partial charge >= 0.3 is 5.97 Å². The molecule has 2 fully saturated rings. The van der Waals surface area contributed by atoms with E-state index in [1.807, 2.05) is 0 Å². The molecule has 138 valence electrons. The van der Waals surface area contributed by atoms with E-state index in [-0.39, 0.29) is 18.4 Å². The van der Waals surface area contributed by atoms with Crippen molar-refractivity contribution in [1.29, 1.82) is 0 Å². The Morgan fingerprint density at radius 2 is 1.92 bits per heavy atom. The molecule has 1 N–H and O–H groups in total. The molecule has 2 rings (SSSR count). The van der Waals surface area contributed by atoms with Crippen LogP contribution in [-0.2, 0) is 24.3 Å². The molecule has 2 aliphatic rings. The molecule has 1 aliphatic heterocycles. The zero-order valence-corrected chi connectivity index (χ0v) is 14.8. The van der Waals surface area contributed by atoms with Gasteiger partial charge in [-0.25, -0.2) is 8.42 Å². The number of rotatable bonds is 6. The minimum absolute atomic E-state index is 0.0560. The summed E-state index contributed by atoms with van der Waals surface area (Å²) in [7, 11) is -3.65. The fraction of sp³-hybridized carbons (Fsp3) is 0.867. The molecule has 1 saturated carbocycles. The molecular formula is C15H26N2O6S. The summed E-state index contributed by atoms with van der Waals surface area (Å²) in [6.07, 6.45) is 5.62. The van der Waals surface area contributed by atoms with Crippen molar-refractivity contribution >= 4 is 21.9 Å². The molecule has 0 aromatic carbocycles. The summed E-state index contributed by atoms with van der Waals surface area (Å²) in [6, 6.07) is 0. The van der Waals surface area contributed by atoms with Crippen LogP contribution in [0, 0.1) is 5.92 Å². The average Bonchev–Trinajstić information content (AvgIpc) is 2.53. The number of ether oxygens (including phenoxy) is 1. The molecule has 24 heavy (non-hydrogen) atoms. The van der Waals surface area contributed by atoms with Crippen LogP contribution in [0.2, 0.25) is 0 Å². The van der Waals surface area contributed by atoms with Gasteiger partial charge in [0.05, 0.1) is 19.0 Å². The second kappa shape index (κ2) is 8.26. The third-order valence-corrected chi connectivity index (χ3v) is 5.81. The molecule has 0 aromatic rings. The minimum Gasteiger partial charge on any atom is -0.480 e. The Kier molecular flexibility index (Phi) is 6.59. The monoisotopic (exact) mass is 362 g/mol. The van der Waals surface area contributed by atoms with Crippen molar-refractivity contribution in [3.8, 4) is 0 Å². The molecule has 0 aromatic heterocycles. The van der Waals surface area contributed by atoms with E-state index in [1.54, 1.807) is 4.90 Å². The maximum atomic E-state index is 12.6. The lowest BCUT2D eigenvalue weighted by Gasteiger charge is -2.37. The van der Waals surface area contributed by atoms with E-state index < -0.39 is 28.6 Å². The summed E-state index contributed by atoms with van der Waals surface area (Å²) in [5.74, 6) is -1.04. The van der Waals surface area contributed by atoms with E-state index in [0.717, 1.165) is 36.2 Å². The van der Waals surface area contributed by atoms with Crippen LogP contribution in [0.4, 0.5) is 0 Å². The SMILES string of the molecule is CS(=O)(=O)N(CC(=O)O)C[C@H]1CN(C(=O)C2CCCCC2)CCO1. The standard InChI is InChI=1S/C15H26N2O6S/c1-24(21,22)17(11-14(18)19)10-13-9-16(7-8-23-13)15(20)12-5-3-2-4-6-12/h12-13H,2-11H2,1H3,(H,18,19)/t13-/m1/s1. The number of sulfonamides is 1. The van der Waals surface area contributed by atoms with Gasteiger partial charge in [0, 0.05) is 25.6 Å². The van der Waals surface area contributed by atoms with Crippen LogP contribution in [0.1, 0.15) is 32.1 Å². The van der Waals surface area contributed by atoms with E-state index in [0.29, 0.717) is 19.7 Å². The third-order valence-electron chi connectivity index (χ3n) is 4.59. The van der Waals surface area contributed by atoms with Gasteiger partial charge in [0.25, 0.3) is 0 Å². The highest BCUT2D eigenvalue weighted by atomic mass is 32.2. The van der Waals surface area contributed by atoms with Crippen molar-refractivity contribution in [2.45, 2.75) is 38.2 Å². The van der Waals surface area contributed by atoms with Gasteiger partial charge < -0.3 is 14.7 Å². The number of amides is 1. The number of hydrogen-bond acceptors (Lipinski definition) is 5. The Morgan fingerprint density at radius 3 is 2.50 bits per heavy atom. The van der Waals surface area contributed by atoms with Crippen molar-refractivity contribution in [1.82, 2.24) is 9.21 Å². The van der Waals surface area contributed by atoms with Crippen molar-refractivity contribution in [3.05, 3.63) is 0 Å². The highest BCUT2D eigenvalue weighted by molar-refractivity contribution is 7.88. The van der Waals surface area contributed by atoms with E-state index in [9.17, 15) is 18.0 Å². The van der Waals surface area contributed by atoms with E-state index >= 15 is 0 Å². The van der Waals surface area contributed by atoms with Crippen molar-refractivity contribution < 1.29 is 27.9 Å². The summed E-state index contributed by atoms with van der Waals surface area (Å²) >= 11 is 0. The Labute approximate surface area is 142 Å². The number of morpholine rings is 1. The summed E-state index contributed by atoms with van der Waals surface area (Å²) in [5.41, 5.74) is 0. The topological polar surface area (TPSA) is 104 Å². The maximum Gasteiger partial charge on any atom is 0.318 e. The van der Waals surface area contributed by atoms with Crippen LogP contribution < -0.4 is 0 Å². The first-order valence-electron chi connectivity index (χ1n) is 8.34. The molecule has 0 spiro atoms. The molecule has 1 amide bonds. The van der Waals surface area contributed by atoms with Gasteiger partial charge in [-0.2, -0.15) is 4.31 Å². The lowest BCUT2D eigenvalue weighted by Crippen LogP contribution is -2.52. The molecule has 1 saturated heterocycles. The van der Waals surface area contributed by atoms with Crippen molar-refractivity contribution in [2.75, 3.05) is 39.0 Å². The second-order valence-electron chi connectivity index (χ2n) is 6.56. The van der Waals surface area contributed by atoms with Gasteiger partial charge in [-0.1, -0.05) is 19.3 Å². The average molecular weight is 362 g/mol. The van der Waals surface area contributed by atoms with Crippen LogP contribution in [0.5, 0.6) is 0 Å². The first-order chi connectivity index (χ1) is 11.3. The Bertz CT molecular complexity index is 558. The smallest absolute Gasteiger partial charge is 0.318 e. The fourth-order valence-corrected chi connectivity index (χ4v) is 4.11. The summed E-state index contributed by atoms with van der Waals surface area (Å²) in [6.45, 7) is 0.493. The molecule has 0 unspecified atom stereocenters. The minimum atomic E-state index is -3.65. The first-order valence-corrected chi connectivity index (χ1v) is 10.2. The molecule has 0 bridgehead atoms. The third kappa shape index (κ3) is 5.42. The van der Waals surface area contributed by atoms with Crippen molar-refractivity contribution in [3.63, 3.8) is 0 Å². The number of carboxylic acid groups (broad SMARTS) is 1.